The number of hydrogen-bond acceptors (Lipinski definition) is 5. The fraction of sp³-hybridized carbons (Fsp3) is 0.364. The number of benzene rings is 2. The van der Waals surface area contributed by atoms with Gasteiger partial charge in [-0.1, -0.05) is 42.5 Å². The zero-order valence-corrected chi connectivity index (χ0v) is 17.6. The van der Waals surface area contributed by atoms with E-state index in [2.05, 4.69) is 17.9 Å². The van der Waals surface area contributed by atoms with Crippen LogP contribution in [0.1, 0.15) is 38.3 Å². The Morgan fingerprint density at radius 2 is 1.61 bits per heavy atom. The fourth-order valence-electron chi connectivity index (χ4n) is 2.61. The number of ether oxygens (including phenoxy) is 2. The zero-order chi connectivity index (χ0) is 20.8. The molecule has 28 heavy (non-hydrogen) atoms. The molecule has 0 spiro atoms. The quantitative estimate of drug-likeness (QED) is 0.546. The summed E-state index contributed by atoms with van der Waals surface area (Å²) in [4.78, 5) is 25.5. The molecule has 1 atom stereocenters. The summed E-state index contributed by atoms with van der Waals surface area (Å²) >= 11 is 4.62. The Hall–Kier alpha value is -2.47. The van der Waals surface area contributed by atoms with Gasteiger partial charge < -0.3 is 14.8 Å². The molecule has 5 nitrogen and oxygen atoms in total. The third-order valence-electron chi connectivity index (χ3n) is 4.05. The summed E-state index contributed by atoms with van der Waals surface area (Å²) in [7, 11) is 1.56. The molecular weight excluding hydrogens is 374 g/mol. The minimum atomic E-state index is -1.42. The summed E-state index contributed by atoms with van der Waals surface area (Å²) in [5, 5.41) is 2.84. The Morgan fingerprint density at radius 3 is 2.14 bits per heavy atom. The van der Waals surface area contributed by atoms with Gasteiger partial charge in [-0.25, -0.2) is 0 Å². The van der Waals surface area contributed by atoms with Gasteiger partial charge in [0.1, 0.15) is 16.1 Å². The maximum Gasteiger partial charge on any atom is 0.327 e. The van der Waals surface area contributed by atoms with Crippen molar-refractivity contribution in [3.8, 4) is 5.75 Å². The Balaban J connectivity index is 2.21. The maximum absolute atomic E-state index is 12.9. The molecule has 0 fully saturated rings. The van der Waals surface area contributed by atoms with Crippen molar-refractivity contribution in [1.82, 2.24) is 5.32 Å². The number of amides is 1. The van der Waals surface area contributed by atoms with Crippen molar-refractivity contribution in [2.45, 2.75) is 44.1 Å². The highest BCUT2D eigenvalue weighted by Gasteiger charge is 2.42. The normalized spacial score (nSPS) is 13.3. The molecular formula is C22H27NO4S. The smallest absolute Gasteiger partial charge is 0.327 e. The van der Waals surface area contributed by atoms with Crippen LogP contribution in [0.25, 0.3) is 0 Å². The molecule has 1 amide bonds. The lowest BCUT2D eigenvalue weighted by molar-refractivity contribution is -0.159. The Morgan fingerprint density at radius 1 is 1.00 bits per heavy atom. The Kier molecular flexibility index (Phi) is 7.13. The number of hydrogen-bond donors (Lipinski definition) is 2. The molecule has 0 bridgehead atoms. The second-order valence-electron chi connectivity index (χ2n) is 7.53. The number of methoxy groups -OCH3 is 1. The number of nitrogens with one attached hydrogen (secondary N) is 1. The SMILES string of the molecule is COc1ccc([C@@](S)(CC(=O)NCc2ccccc2)C(=O)OC(C)(C)C)cc1. The molecule has 2 aromatic carbocycles. The first-order chi connectivity index (χ1) is 13.1. The van der Waals surface area contributed by atoms with Crippen molar-refractivity contribution < 1.29 is 19.1 Å². The average molecular weight is 402 g/mol. The number of carbonyl (C=O) groups excluding carboxylic acids is 2. The van der Waals surface area contributed by atoms with Crippen molar-refractivity contribution >= 4 is 24.5 Å². The molecule has 0 aliphatic heterocycles. The largest absolute Gasteiger partial charge is 0.497 e. The van der Waals surface area contributed by atoms with Crippen molar-refractivity contribution in [3.05, 3.63) is 65.7 Å². The monoisotopic (exact) mass is 401 g/mol. The molecule has 0 aliphatic rings. The van der Waals surface area contributed by atoms with Crippen LogP contribution in [-0.2, 0) is 25.6 Å². The highest BCUT2D eigenvalue weighted by atomic mass is 32.1. The van der Waals surface area contributed by atoms with Gasteiger partial charge in [-0.05, 0) is 44.0 Å². The third-order valence-corrected chi connectivity index (χ3v) is 4.65. The van der Waals surface area contributed by atoms with Gasteiger partial charge in [-0.2, -0.15) is 12.6 Å². The zero-order valence-electron chi connectivity index (χ0n) is 16.7. The van der Waals surface area contributed by atoms with Gasteiger partial charge in [-0.15, -0.1) is 0 Å². The van der Waals surface area contributed by atoms with Gasteiger partial charge in [-0.3, -0.25) is 9.59 Å². The van der Waals surface area contributed by atoms with E-state index >= 15 is 0 Å². The molecule has 0 aliphatic carbocycles. The highest BCUT2D eigenvalue weighted by Crippen LogP contribution is 2.36. The van der Waals surface area contributed by atoms with Crippen LogP contribution in [0, 0.1) is 0 Å². The van der Waals surface area contributed by atoms with Crippen LogP contribution in [-0.4, -0.2) is 24.6 Å². The lowest BCUT2D eigenvalue weighted by Gasteiger charge is -2.30. The summed E-state index contributed by atoms with van der Waals surface area (Å²) in [6, 6.07) is 16.5. The van der Waals surface area contributed by atoms with Crippen molar-refractivity contribution in [2.24, 2.45) is 0 Å². The molecule has 0 saturated heterocycles. The highest BCUT2D eigenvalue weighted by molar-refractivity contribution is 7.82. The average Bonchev–Trinajstić information content (AvgIpc) is 2.66. The molecule has 2 rings (SSSR count). The third kappa shape index (κ3) is 6.02. The molecule has 2 aromatic rings. The van der Waals surface area contributed by atoms with E-state index in [1.165, 1.54) is 0 Å². The number of carbonyl (C=O) groups is 2. The summed E-state index contributed by atoms with van der Waals surface area (Å²) < 4.78 is 9.31. The van der Waals surface area contributed by atoms with E-state index in [9.17, 15) is 9.59 Å². The molecule has 0 radical (unpaired) electrons. The van der Waals surface area contributed by atoms with Crippen LogP contribution < -0.4 is 10.1 Å². The van der Waals surface area contributed by atoms with Gasteiger partial charge in [0.15, 0.2) is 0 Å². The predicted octanol–water partition coefficient (Wildman–Crippen LogP) is 3.87. The van der Waals surface area contributed by atoms with E-state index in [0.29, 0.717) is 17.9 Å². The summed E-state index contributed by atoms with van der Waals surface area (Å²) in [5.74, 6) is -0.207. The van der Waals surface area contributed by atoms with E-state index in [4.69, 9.17) is 9.47 Å². The summed E-state index contributed by atoms with van der Waals surface area (Å²) in [6.45, 7) is 5.72. The molecule has 1 N–H and O–H groups in total. The molecule has 0 heterocycles. The molecule has 0 unspecified atom stereocenters. The van der Waals surface area contributed by atoms with Gasteiger partial charge in [0.05, 0.1) is 13.5 Å². The lowest BCUT2D eigenvalue weighted by atomic mass is 9.93. The van der Waals surface area contributed by atoms with Gasteiger partial charge in [0.25, 0.3) is 0 Å². The Bertz CT molecular complexity index is 800. The van der Waals surface area contributed by atoms with Crippen LogP contribution in [0.4, 0.5) is 0 Å². The summed E-state index contributed by atoms with van der Waals surface area (Å²) in [6.07, 6.45) is -0.149. The van der Waals surface area contributed by atoms with Crippen molar-refractivity contribution in [3.63, 3.8) is 0 Å². The second-order valence-corrected chi connectivity index (χ2v) is 8.29. The fourth-order valence-corrected chi connectivity index (χ4v) is 2.95. The van der Waals surface area contributed by atoms with Crippen LogP contribution in [0.15, 0.2) is 54.6 Å². The van der Waals surface area contributed by atoms with Crippen LogP contribution >= 0.6 is 12.6 Å². The first-order valence-electron chi connectivity index (χ1n) is 9.05. The maximum atomic E-state index is 12.9. The van der Waals surface area contributed by atoms with Crippen LogP contribution in [0.5, 0.6) is 5.75 Å². The first kappa shape index (κ1) is 21.8. The molecule has 0 aromatic heterocycles. The Labute approximate surface area is 171 Å². The van der Waals surface area contributed by atoms with Crippen molar-refractivity contribution in [1.29, 1.82) is 0 Å². The predicted molar refractivity (Wildman–Crippen MR) is 112 cm³/mol. The van der Waals surface area contributed by atoms with E-state index < -0.39 is 16.3 Å². The van der Waals surface area contributed by atoms with Gasteiger partial charge in [0.2, 0.25) is 5.91 Å². The second kappa shape index (κ2) is 9.15. The molecule has 6 heteroatoms. The van der Waals surface area contributed by atoms with Crippen LogP contribution in [0.3, 0.4) is 0 Å². The number of rotatable bonds is 7. The topological polar surface area (TPSA) is 64.6 Å². The van der Waals surface area contributed by atoms with E-state index in [-0.39, 0.29) is 12.3 Å². The minimum absolute atomic E-state index is 0.149. The van der Waals surface area contributed by atoms with E-state index in [0.717, 1.165) is 5.56 Å². The standard InChI is InChI=1S/C22H27NO4S/c1-21(2,3)27-20(25)22(28,17-10-12-18(26-4)13-11-17)14-19(24)23-15-16-8-6-5-7-9-16/h5-13,28H,14-15H2,1-4H3,(H,23,24)/t22-/m0/s1. The number of esters is 1. The van der Waals surface area contributed by atoms with E-state index in [1.54, 1.807) is 52.1 Å². The first-order valence-corrected chi connectivity index (χ1v) is 9.50. The van der Waals surface area contributed by atoms with E-state index in [1.807, 2.05) is 30.3 Å². The molecule has 0 saturated carbocycles. The molecule has 150 valence electrons. The lowest BCUT2D eigenvalue weighted by Crippen LogP contribution is -2.41. The van der Waals surface area contributed by atoms with Gasteiger partial charge >= 0.3 is 5.97 Å². The van der Waals surface area contributed by atoms with Crippen molar-refractivity contribution in [2.75, 3.05) is 7.11 Å². The van der Waals surface area contributed by atoms with Crippen LogP contribution in [0.2, 0.25) is 0 Å². The minimum Gasteiger partial charge on any atom is -0.497 e. The number of thiol groups is 1. The summed E-state index contributed by atoms with van der Waals surface area (Å²) in [5.41, 5.74) is 0.848. The van der Waals surface area contributed by atoms with Gasteiger partial charge in [0, 0.05) is 6.54 Å².